The molecule has 1 aromatic heterocycles. The molecule has 0 fully saturated rings. The Morgan fingerprint density at radius 3 is 2.76 bits per heavy atom. The van der Waals surface area contributed by atoms with E-state index in [1.165, 1.54) is 11.3 Å². The summed E-state index contributed by atoms with van der Waals surface area (Å²) in [6.45, 7) is 1.96. The van der Waals surface area contributed by atoms with Crippen molar-refractivity contribution in [1.29, 1.82) is 0 Å². The largest absolute Gasteiger partial charge is 0.321 e. The van der Waals surface area contributed by atoms with Crippen LogP contribution in [0.1, 0.15) is 15.2 Å². The highest BCUT2D eigenvalue weighted by atomic mass is 79.9. The van der Waals surface area contributed by atoms with E-state index >= 15 is 0 Å². The summed E-state index contributed by atoms with van der Waals surface area (Å²) in [5.41, 5.74) is 1.76. The van der Waals surface area contributed by atoms with Crippen LogP contribution in [-0.2, 0) is 0 Å². The van der Waals surface area contributed by atoms with Crippen LogP contribution in [0.2, 0.25) is 5.02 Å². The van der Waals surface area contributed by atoms with Gasteiger partial charge in [0.1, 0.15) is 0 Å². The molecule has 2 aromatic rings. The van der Waals surface area contributed by atoms with E-state index in [1.807, 2.05) is 13.0 Å². The number of hydrogen-bond donors (Lipinski definition) is 1. The van der Waals surface area contributed by atoms with Crippen molar-refractivity contribution in [2.45, 2.75) is 6.92 Å². The van der Waals surface area contributed by atoms with Crippen molar-refractivity contribution in [3.8, 4) is 0 Å². The molecule has 2 nitrogen and oxygen atoms in total. The van der Waals surface area contributed by atoms with Crippen molar-refractivity contribution in [2.75, 3.05) is 5.32 Å². The van der Waals surface area contributed by atoms with Crippen LogP contribution in [0.25, 0.3) is 0 Å². The third-order valence-corrected chi connectivity index (χ3v) is 4.53. The van der Waals surface area contributed by atoms with Gasteiger partial charge < -0.3 is 5.32 Å². The molecule has 0 unspecified atom stereocenters. The first-order chi connectivity index (χ1) is 8.06. The maximum Gasteiger partial charge on any atom is 0.265 e. The Morgan fingerprint density at radius 2 is 2.18 bits per heavy atom. The minimum Gasteiger partial charge on any atom is -0.321 e. The van der Waals surface area contributed by atoms with Crippen LogP contribution in [0.4, 0.5) is 5.69 Å². The number of aryl methyl sites for hydroxylation is 1. The number of nitrogens with one attached hydrogen (secondary N) is 1. The second kappa shape index (κ2) is 5.21. The predicted octanol–water partition coefficient (Wildman–Crippen LogP) is 4.72. The van der Waals surface area contributed by atoms with Gasteiger partial charge in [-0.2, -0.15) is 0 Å². The van der Waals surface area contributed by atoms with Crippen LogP contribution in [0, 0.1) is 6.92 Å². The van der Waals surface area contributed by atoms with Crippen molar-refractivity contribution in [3.05, 3.63) is 49.6 Å². The molecule has 0 aliphatic heterocycles. The molecule has 0 aliphatic carbocycles. The molecule has 5 heteroatoms. The third kappa shape index (κ3) is 3.09. The number of thiophene rings is 1. The van der Waals surface area contributed by atoms with Crippen molar-refractivity contribution in [2.24, 2.45) is 0 Å². The summed E-state index contributed by atoms with van der Waals surface area (Å²) in [5.74, 6) is -0.119. The number of halogens is 2. The highest BCUT2D eigenvalue weighted by molar-refractivity contribution is 9.11. The first-order valence-electron chi connectivity index (χ1n) is 4.89. The summed E-state index contributed by atoms with van der Waals surface area (Å²) >= 11 is 10.7. The number of amides is 1. The summed E-state index contributed by atoms with van der Waals surface area (Å²) in [4.78, 5) is 12.6. The predicted molar refractivity (Wildman–Crippen MR) is 76.2 cm³/mol. The number of rotatable bonds is 2. The average Bonchev–Trinajstić information content (AvgIpc) is 2.59. The molecule has 0 aliphatic rings. The molecule has 0 radical (unpaired) electrons. The second-order valence-corrected chi connectivity index (χ2v) is 6.34. The molecule has 1 N–H and O–H groups in total. The molecule has 1 aromatic carbocycles. The fraction of sp³-hybridized carbons (Fsp3) is 0.0833. The fourth-order valence-corrected chi connectivity index (χ4v) is 2.95. The number of benzene rings is 1. The summed E-state index contributed by atoms with van der Waals surface area (Å²) in [7, 11) is 0. The molecule has 2 rings (SSSR count). The van der Waals surface area contributed by atoms with Crippen LogP contribution >= 0.6 is 38.9 Å². The molecule has 0 spiro atoms. The van der Waals surface area contributed by atoms with Crippen LogP contribution in [0.3, 0.4) is 0 Å². The van der Waals surface area contributed by atoms with Gasteiger partial charge in [-0.25, -0.2) is 0 Å². The fourth-order valence-electron chi connectivity index (χ4n) is 1.33. The number of carbonyl (C=O) groups is 1. The standard InChI is InChI=1S/C12H9BrClNOS/c1-7-5-10(17-11(7)13)12(16)15-9-4-2-3-8(14)6-9/h2-6H,1H3,(H,15,16). The number of carbonyl (C=O) groups excluding carboxylic acids is 1. The molecule has 0 bridgehead atoms. The van der Waals surface area contributed by atoms with Crippen LogP contribution in [0.15, 0.2) is 34.1 Å². The lowest BCUT2D eigenvalue weighted by molar-refractivity contribution is 0.103. The van der Waals surface area contributed by atoms with E-state index < -0.39 is 0 Å². The lowest BCUT2D eigenvalue weighted by atomic mass is 10.3. The Balaban J connectivity index is 2.17. The third-order valence-electron chi connectivity index (χ3n) is 2.16. The zero-order valence-electron chi connectivity index (χ0n) is 8.96. The maximum absolute atomic E-state index is 11.9. The zero-order chi connectivity index (χ0) is 12.4. The Bertz CT molecular complexity index is 548. The van der Waals surface area contributed by atoms with Crippen molar-refractivity contribution in [1.82, 2.24) is 0 Å². The Morgan fingerprint density at radius 1 is 1.41 bits per heavy atom. The van der Waals surface area contributed by atoms with Gasteiger partial charge in [-0.15, -0.1) is 11.3 Å². The van der Waals surface area contributed by atoms with Gasteiger partial charge in [0.25, 0.3) is 5.91 Å². The summed E-state index contributed by atoms with van der Waals surface area (Å²) in [6, 6.07) is 8.94. The van der Waals surface area contributed by atoms with Crippen LogP contribution < -0.4 is 5.32 Å². The van der Waals surface area contributed by atoms with Crippen molar-refractivity contribution < 1.29 is 4.79 Å². The Hall–Kier alpha value is -0.840. The van der Waals surface area contributed by atoms with E-state index in [9.17, 15) is 4.79 Å². The lowest BCUT2D eigenvalue weighted by Crippen LogP contribution is -2.09. The quantitative estimate of drug-likeness (QED) is 0.847. The maximum atomic E-state index is 11.9. The number of anilines is 1. The van der Waals surface area contributed by atoms with Gasteiger partial charge in [-0.05, 0) is 52.7 Å². The smallest absolute Gasteiger partial charge is 0.265 e. The molecule has 88 valence electrons. The van der Waals surface area contributed by atoms with Crippen LogP contribution in [0.5, 0.6) is 0 Å². The first kappa shape index (κ1) is 12.6. The molecule has 1 heterocycles. The normalized spacial score (nSPS) is 10.3. The van der Waals surface area contributed by atoms with Gasteiger partial charge >= 0.3 is 0 Å². The molecule has 1 amide bonds. The monoisotopic (exact) mass is 329 g/mol. The van der Waals surface area contributed by atoms with Gasteiger partial charge in [-0.1, -0.05) is 17.7 Å². The lowest BCUT2D eigenvalue weighted by Gasteiger charge is -2.03. The molecule has 0 atom stereocenters. The van der Waals surface area contributed by atoms with E-state index in [-0.39, 0.29) is 5.91 Å². The second-order valence-electron chi connectivity index (χ2n) is 3.53. The Kier molecular flexibility index (Phi) is 3.86. The van der Waals surface area contributed by atoms with E-state index in [1.54, 1.807) is 24.3 Å². The van der Waals surface area contributed by atoms with E-state index in [0.717, 1.165) is 9.35 Å². The highest BCUT2D eigenvalue weighted by Gasteiger charge is 2.11. The van der Waals surface area contributed by atoms with Gasteiger partial charge in [0.15, 0.2) is 0 Å². The summed E-state index contributed by atoms with van der Waals surface area (Å²) in [5, 5.41) is 3.41. The summed E-state index contributed by atoms with van der Waals surface area (Å²) < 4.78 is 0.980. The number of hydrogen-bond acceptors (Lipinski definition) is 2. The van der Waals surface area contributed by atoms with Gasteiger partial charge in [0.2, 0.25) is 0 Å². The summed E-state index contributed by atoms with van der Waals surface area (Å²) in [6.07, 6.45) is 0. The van der Waals surface area contributed by atoms with Gasteiger partial charge in [0, 0.05) is 10.7 Å². The topological polar surface area (TPSA) is 29.1 Å². The molecule has 0 saturated heterocycles. The van der Waals surface area contributed by atoms with E-state index in [4.69, 9.17) is 11.6 Å². The average molecular weight is 331 g/mol. The van der Waals surface area contributed by atoms with Crippen LogP contribution in [-0.4, -0.2) is 5.91 Å². The highest BCUT2D eigenvalue weighted by Crippen LogP contribution is 2.28. The van der Waals surface area contributed by atoms with Crippen molar-refractivity contribution in [3.63, 3.8) is 0 Å². The minimum atomic E-state index is -0.119. The molecule has 17 heavy (non-hydrogen) atoms. The van der Waals surface area contributed by atoms with E-state index in [0.29, 0.717) is 15.6 Å². The minimum absolute atomic E-state index is 0.119. The van der Waals surface area contributed by atoms with Gasteiger partial charge in [-0.3, -0.25) is 4.79 Å². The van der Waals surface area contributed by atoms with E-state index in [2.05, 4.69) is 21.2 Å². The van der Waals surface area contributed by atoms with Crippen molar-refractivity contribution >= 4 is 50.5 Å². The van der Waals surface area contributed by atoms with Gasteiger partial charge in [0.05, 0.1) is 8.66 Å². The molecular formula is C12H9BrClNOS. The Labute approximate surface area is 117 Å². The SMILES string of the molecule is Cc1cc(C(=O)Nc2cccc(Cl)c2)sc1Br. The molecular weight excluding hydrogens is 322 g/mol. The molecule has 0 saturated carbocycles. The first-order valence-corrected chi connectivity index (χ1v) is 6.88. The zero-order valence-corrected chi connectivity index (χ0v) is 12.1.